The van der Waals surface area contributed by atoms with Gasteiger partial charge in [0.2, 0.25) is 0 Å². The largest absolute Gasteiger partial charge is 0.494 e. The van der Waals surface area contributed by atoms with Crippen LogP contribution in [0.15, 0.2) is 18.2 Å². The van der Waals surface area contributed by atoms with Crippen LogP contribution in [0.3, 0.4) is 0 Å². The molecule has 0 aromatic heterocycles. The van der Waals surface area contributed by atoms with Crippen molar-refractivity contribution in [3.05, 3.63) is 24.0 Å². The molecule has 0 aliphatic heterocycles. The summed E-state index contributed by atoms with van der Waals surface area (Å²) in [7, 11) is 3.12. The molecule has 1 unspecified atom stereocenters. The van der Waals surface area contributed by atoms with Gasteiger partial charge in [0.05, 0.1) is 19.8 Å². The molecule has 0 heterocycles. The molecule has 0 spiro atoms. The van der Waals surface area contributed by atoms with Crippen LogP contribution in [0.25, 0.3) is 0 Å². The third-order valence-corrected chi connectivity index (χ3v) is 2.65. The Morgan fingerprint density at radius 3 is 2.53 bits per heavy atom. The summed E-state index contributed by atoms with van der Waals surface area (Å²) < 4.78 is 23.3. The molecule has 3 nitrogen and oxygen atoms in total. The van der Waals surface area contributed by atoms with Gasteiger partial charge < -0.3 is 14.8 Å². The summed E-state index contributed by atoms with van der Waals surface area (Å²) in [5.74, 6) is 0.312. The first-order valence-corrected chi connectivity index (χ1v) is 5.67. The Hall–Kier alpha value is -1.29. The molecular formula is C13H20FNO2. The topological polar surface area (TPSA) is 30.5 Å². The quantitative estimate of drug-likeness (QED) is 0.830. The van der Waals surface area contributed by atoms with Crippen molar-refractivity contribution in [2.24, 2.45) is 5.92 Å². The van der Waals surface area contributed by atoms with Crippen LogP contribution >= 0.6 is 0 Å². The molecule has 0 fully saturated rings. The van der Waals surface area contributed by atoms with E-state index >= 15 is 0 Å². The van der Waals surface area contributed by atoms with Gasteiger partial charge in [0.25, 0.3) is 0 Å². The van der Waals surface area contributed by atoms with Gasteiger partial charge in [-0.05, 0) is 18.1 Å². The second-order valence-corrected chi connectivity index (χ2v) is 4.30. The van der Waals surface area contributed by atoms with E-state index in [1.165, 1.54) is 13.2 Å². The van der Waals surface area contributed by atoms with Crippen molar-refractivity contribution in [3.63, 3.8) is 0 Å². The predicted octanol–water partition coefficient (Wildman–Crippen LogP) is 2.92. The summed E-state index contributed by atoms with van der Waals surface area (Å²) in [5.41, 5.74) is 0.832. The average molecular weight is 241 g/mol. The lowest BCUT2D eigenvalue weighted by molar-refractivity contribution is 0.171. The van der Waals surface area contributed by atoms with Gasteiger partial charge >= 0.3 is 0 Å². The maximum absolute atomic E-state index is 13.2. The lowest BCUT2D eigenvalue weighted by atomic mass is 10.1. The maximum Gasteiger partial charge on any atom is 0.165 e. The van der Waals surface area contributed by atoms with Crippen LogP contribution in [0.2, 0.25) is 0 Å². The van der Waals surface area contributed by atoms with Crippen molar-refractivity contribution in [3.8, 4) is 5.75 Å². The number of benzene rings is 1. The molecule has 1 aromatic carbocycles. The fourth-order valence-corrected chi connectivity index (χ4v) is 1.54. The van der Waals surface area contributed by atoms with Crippen LogP contribution < -0.4 is 10.1 Å². The molecule has 4 heteroatoms. The Morgan fingerprint density at radius 2 is 2.00 bits per heavy atom. The Morgan fingerprint density at radius 1 is 1.29 bits per heavy atom. The number of rotatable bonds is 6. The van der Waals surface area contributed by atoms with Gasteiger partial charge in [0.1, 0.15) is 0 Å². The molecule has 0 bridgehead atoms. The minimum Gasteiger partial charge on any atom is -0.494 e. The fourth-order valence-electron chi connectivity index (χ4n) is 1.54. The Bertz CT molecular complexity index is 355. The van der Waals surface area contributed by atoms with E-state index < -0.39 is 0 Å². The SMILES string of the molecule is COCC(Nc1ccc(F)c(OC)c1)C(C)C. The van der Waals surface area contributed by atoms with E-state index in [0.29, 0.717) is 12.5 Å². The van der Waals surface area contributed by atoms with Crippen LogP contribution in [0.1, 0.15) is 13.8 Å². The highest BCUT2D eigenvalue weighted by Gasteiger charge is 2.13. The smallest absolute Gasteiger partial charge is 0.165 e. The van der Waals surface area contributed by atoms with E-state index in [2.05, 4.69) is 19.2 Å². The van der Waals surface area contributed by atoms with Crippen molar-refractivity contribution < 1.29 is 13.9 Å². The third-order valence-electron chi connectivity index (χ3n) is 2.65. The number of halogens is 1. The zero-order chi connectivity index (χ0) is 12.8. The van der Waals surface area contributed by atoms with Crippen molar-refractivity contribution in [2.75, 3.05) is 26.1 Å². The molecule has 0 saturated carbocycles. The number of methoxy groups -OCH3 is 2. The lowest BCUT2D eigenvalue weighted by Crippen LogP contribution is -2.30. The molecule has 0 aliphatic rings. The highest BCUT2D eigenvalue weighted by atomic mass is 19.1. The standard InChI is InChI=1S/C13H20FNO2/c1-9(2)12(8-16-3)15-10-5-6-11(14)13(7-10)17-4/h5-7,9,12,15H,8H2,1-4H3. The molecule has 0 amide bonds. The number of anilines is 1. The first-order chi connectivity index (χ1) is 8.08. The van der Waals surface area contributed by atoms with Gasteiger partial charge in [-0.2, -0.15) is 0 Å². The highest BCUT2D eigenvalue weighted by Crippen LogP contribution is 2.22. The highest BCUT2D eigenvalue weighted by molar-refractivity contribution is 5.49. The van der Waals surface area contributed by atoms with Gasteiger partial charge in [0, 0.05) is 18.9 Å². The van der Waals surface area contributed by atoms with E-state index in [-0.39, 0.29) is 17.6 Å². The molecule has 0 aliphatic carbocycles. The number of hydrogen-bond donors (Lipinski definition) is 1. The summed E-state index contributed by atoms with van der Waals surface area (Å²) in [4.78, 5) is 0. The summed E-state index contributed by atoms with van der Waals surface area (Å²) in [6.45, 7) is 4.83. The maximum atomic E-state index is 13.2. The third kappa shape index (κ3) is 3.89. The van der Waals surface area contributed by atoms with Crippen molar-refractivity contribution in [1.82, 2.24) is 0 Å². The molecular weight excluding hydrogens is 221 g/mol. The van der Waals surface area contributed by atoms with Gasteiger partial charge in [0.15, 0.2) is 11.6 Å². The van der Waals surface area contributed by atoms with Crippen LogP contribution in [0.5, 0.6) is 5.75 Å². The second kappa shape index (κ2) is 6.45. The first kappa shape index (κ1) is 13.8. The monoisotopic (exact) mass is 241 g/mol. The van der Waals surface area contributed by atoms with Crippen LogP contribution in [-0.2, 0) is 4.74 Å². The van der Waals surface area contributed by atoms with Crippen LogP contribution in [0, 0.1) is 11.7 Å². The van der Waals surface area contributed by atoms with Crippen LogP contribution in [0.4, 0.5) is 10.1 Å². The van der Waals surface area contributed by atoms with Gasteiger partial charge in [-0.15, -0.1) is 0 Å². The number of hydrogen-bond acceptors (Lipinski definition) is 3. The first-order valence-electron chi connectivity index (χ1n) is 5.67. The molecule has 1 atom stereocenters. The zero-order valence-corrected chi connectivity index (χ0v) is 10.8. The van der Waals surface area contributed by atoms with E-state index in [9.17, 15) is 4.39 Å². The molecule has 1 N–H and O–H groups in total. The Balaban J connectivity index is 2.78. The predicted molar refractivity (Wildman–Crippen MR) is 67.1 cm³/mol. The fraction of sp³-hybridized carbons (Fsp3) is 0.538. The molecule has 96 valence electrons. The van der Waals surface area contributed by atoms with Crippen molar-refractivity contribution >= 4 is 5.69 Å². The Labute approximate surface area is 102 Å². The molecule has 0 radical (unpaired) electrons. The minimum absolute atomic E-state index is 0.190. The molecule has 0 saturated heterocycles. The summed E-state index contributed by atoms with van der Waals surface area (Å²) >= 11 is 0. The number of nitrogens with one attached hydrogen (secondary N) is 1. The van der Waals surface area contributed by atoms with Crippen molar-refractivity contribution in [2.45, 2.75) is 19.9 Å². The van der Waals surface area contributed by atoms with E-state index in [0.717, 1.165) is 5.69 Å². The summed E-state index contributed by atoms with van der Waals surface area (Å²) in [5, 5.41) is 3.31. The molecule has 1 aromatic rings. The van der Waals surface area contributed by atoms with Gasteiger partial charge in [-0.1, -0.05) is 13.8 Å². The number of ether oxygens (including phenoxy) is 2. The molecule has 17 heavy (non-hydrogen) atoms. The summed E-state index contributed by atoms with van der Waals surface area (Å²) in [6.07, 6.45) is 0. The minimum atomic E-state index is -0.356. The Kier molecular flexibility index (Phi) is 5.22. The summed E-state index contributed by atoms with van der Waals surface area (Å²) in [6, 6.07) is 4.93. The zero-order valence-electron chi connectivity index (χ0n) is 10.8. The normalized spacial score (nSPS) is 12.6. The van der Waals surface area contributed by atoms with E-state index in [1.54, 1.807) is 19.2 Å². The van der Waals surface area contributed by atoms with Gasteiger partial charge in [-0.3, -0.25) is 0 Å². The lowest BCUT2D eigenvalue weighted by Gasteiger charge is -2.23. The molecule has 1 rings (SSSR count). The van der Waals surface area contributed by atoms with Crippen LogP contribution in [-0.4, -0.2) is 26.9 Å². The van der Waals surface area contributed by atoms with Gasteiger partial charge in [-0.25, -0.2) is 4.39 Å². The van der Waals surface area contributed by atoms with Crippen molar-refractivity contribution in [1.29, 1.82) is 0 Å². The van der Waals surface area contributed by atoms with E-state index in [1.807, 2.05) is 0 Å². The van der Waals surface area contributed by atoms with E-state index in [4.69, 9.17) is 9.47 Å². The second-order valence-electron chi connectivity index (χ2n) is 4.30. The average Bonchev–Trinajstić information content (AvgIpc) is 2.30.